The molecule has 1 aliphatic rings. The van der Waals surface area contributed by atoms with E-state index in [0.717, 1.165) is 6.33 Å². The van der Waals surface area contributed by atoms with Gasteiger partial charge in [-0.25, -0.2) is 23.1 Å². The van der Waals surface area contributed by atoms with Gasteiger partial charge in [0.1, 0.15) is 18.7 Å². The van der Waals surface area contributed by atoms with Crippen molar-refractivity contribution in [3.05, 3.63) is 41.7 Å². The molecule has 4 rings (SSSR count). The lowest BCUT2D eigenvalue weighted by Crippen LogP contribution is -2.24. The summed E-state index contributed by atoms with van der Waals surface area (Å²) < 4.78 is 79.4. The highest BCUT2D eigenvalue weighted by molar-refractivity contribution is 5.76. The van der Waals surface area contributed by atoms with Crippen molar-refractivity contribution in [2.24, 2.45) is 0 Å². The molecule has 0 bridgehead atoms. The van der Waals surface area contributed by atoms with Crippen LogP contribution in [-0.4, -0.2) is 48.5 Å². The van der Waals surface area contributed by atoms with Crippen LogP contribution in [0, 0.1) is 29.1 Å². The maximum Gasteiger partial charge on any atom is 0.251 e. The van der Waals surface area contributed by atoms with E-state index < -0.39 is 65.8 Å². The topological polar surface area (TPSA) is 103 Å². The van der Waals surface area contributed by atoms with E-state index in [1.54, 1.807) is 0 Å². The van der Waals surface area contributed by atoms with E-state index in [1.807, 2.05) is 0 Å². The summed E-state index contributed by atoms with van der Waals surface area (Å²) in [6.07, 6.45) is -0.325. The third kappa shape index (κ3) is 3.07. The molecule has 3 atom stereocenters. The van der Waals surface area contributed by atoms with Crippen LogP contribution in [0.1, 0.15) is 12.6 Å². The van der Waals surface area contributed by atoms with Gasteiger partial charge < -0.3 is 19.7 Å². The van der Waals surface area contributed by atoms with Crippen LogP contribution in [-0.2, 0) is 4.74 Å². The second kappa shape index (κ2) is 7.17. The number of halogens is 5. The van der Waals surface area contributed by atoms with E-state index in [2.05, 4.69) is 15.0 Å². The highest BCUT2D eigenvalue weighted by atomic mass is 19.2. The number of hydrogen-bond acceptors (Lipinski definition) is 7. The monoisotopic (exact) mass is 418 g/mol. The second-order valence-corrected chi connectivity index (χ2v) is 6.12. The first-order valence-corrected chi connectivity index (χ1v) is 8.14. The molecule has 2 N–H and O–H groups in total. The molecule has 1 saturated heterocycles. The normalized spacial score (nSPS) is 21.8. The molecule has 0 saturated carbocycles. The maximum atomic E-state index is 13.9. The Morgan fingerprint density at radius 3 is 2.31 bits per heavy atom. The molecule has 1 aliphatic heterocycles. The van der Waals surface area contributed by atoms with Crippen LogP contribution >= 0.6 is 0 Å². The SMILES string of the molecule is OC[C@H]1O[C@@H](n2cnc3c(Oc4c(F)c(F)c(F)c(F)c4F)ncnc32)C[C@@H]1O. The summed E-state index contributed by atoms with van der Waals surface area (Å²) in [5.74, 6) is -13.1. The van der Waals surface area contributed by atoms with Gasteiger partial charge in [0.05, 0.1) is 19.0 Å². The van der Waals surface area contributed by atoms with E-state index in [9.17, 15) is 32.2 Å². The van der Waals surface area contributed by atoms with Gasteiger partial charge in [0.15, 0.2) is 11.2 Å². The number of benzene rings is 1. The predicted octanol–water partition coefficient (Wildman–Crippen LogP) is 1.95. The van der Waals surface area contributed by atoms with Gasteiger partial charge in [0.2, 0.25) is 34.8 Å². The Labute approximate surface area is 158 Å². The van der Waals surface area contributed by atoms with Crippen LogP contribution in [0.4, 0.5) is 22.0 Å². The van der Waals surface area contributed by atoms with Gasteiger partial charge in [0.25, 0.3) is 5.88 Å². The largest absolute Gasteiger partial charge is 0.430 e. The summed E-state index contributed by atoms with van der Waals surface area (Å²) in [5, 5.41) is 19.0. The van der Waals surface area contributed by atoms with E-state index in [1.165, 1.54) is 10.9 Å². The van der Waals surface area contributed by atoms with Crippen LogP contribution in [0.15, 0.2) is 12.7 Å². The predicted molar refractivity (Wildman–Crippen MR) is 83.2 cm³/mol. The fraction of sp³-hybridized carbons (Fsp3) is 0.312. The summed E-state index contributed by atoms with van der Waals surface area (Å²) >= 11 is 0. The first-order chi connectivity index (χ1) is 13.8. The molecule has 154 valence electrons. The summed E-state index contributed by atoms with van der Waals surface area (Å²) in [4.78, 5) is 11.5. The number of aliphatic hydroxyl groups excluding tert-OH is 2. The van der Waals surface area contributed by atoms with Crippen LogP contribution in [0.2, 0.25) is 0 Å². The van der Waals surface area contributed by atoms with Gasteiger partial charge in [-0.1, -0.05) is 0 Å². The molecule has 0 spiro atoms. The molecule has 0 radical (unpaired) electrons. The van der Waals surface area contributed by atoms with Crippen molar-refractivity contribution in [1.82, 2.24) is 19.5 Å². The molecular weight excluding hydrogens is 407 g/mol. The van der Waals surface area contributed by atoms with E-state index in [4.69, 9.17) is 9.47 Å². The number of aromatic nitrogens is 4. The molecule has 8 nitrogen and oxygen atoms in total. The van der Waals surface area contributed by atoms with Crippen molar-refractivity contribution < 1.29 is 41.6 Å². The van der Waals surface area contributed by atoms with Crippen molar-refractivity contribution in [2.45, 2.75) is 24.9 Å². The van der Waals surface area contributed by atoms with E-state index in [-0.39, 0.29) is 17.6 Å². The molecule has 13 heteroatoms. The molecule has 3 heterocycles. The van der Waals surface area contributed by atoms with Crippen LogP contribution in [0.3, 0.4) is 0 Å². The van der Waals surface area contributed by atoms with Crippen molar-refractivity contribution in [1.29, 1.82) is 0 Å². The average molecular weight is 418 g/mol. The Bertz CT molecular complexity index is 1070. The van der Waals surface area contributed by atoms with Gasteiger partial charge in [0, 0.05) is 6.42 Å². The summed E-state index contributed by atoms with van der Waals surface area (Å²) in [6.45, 7) is -0.423. The lowest BCUT2D eigenvalue weighted by Gasteiger charge is -2.13. The van der Waals surface area contributed by atoms with Crippen molar-refractivity contribution >= 4 is 11.2 Å². The summed E-state index contributed by atoms with van der Waals surface area (Å²) in [5.41, 5.74) is -0.100. The van der Waals surface area contributed by atoms with Gasteiger partial charge in [-0.05, 0) is 0 Å². The molecule has 29 heavy (non-hydrogen) atoms. The van der Waals surface area contributed by atoms with Gasteiger partial charge in [-0.2, -0.15) is 13.8 Å². The zero-order valence-corrected chi connectivity index (χ0v) is 14.2. The second-order valence-electron chi connectivity index (χ2n) is 6.12. The lowest BCUT2D eigenvalue weighted by molar-refractivity contribution is -0.0432. The zero-order chi connectivity index (χ0) is 20.9. The van der Waals surface area contributed by atoms with Crippen molar-refractivity contribution in [3.8, 4) is 11.6 Å². The summed E-state index contributed by atoms with van der Waals surface area (Å²) in [7, 11) is 0. The number of rotatable bonds is 4. The maximum absolute atomic E-state index is 13.9. The minimum absolute atomic E-state index is 0.0506. The Balaban J connectivity index is 1.74. The average Bonchev–Trinajstić information content (AvgIpc) is 3.31. The molecular formula is C16H11F5N4O4. The molecule has 0 unspecified atom stereocenters. The van der Waals surface area contributed by atoms with Crippen LogP contribution in [0.25, 0.3) is 11.2 Å². The highest BCUT2D eigenvalue weighted by Crippen LogP contribution is 2.35. The van der Waals surface area contributed by atoms with Crippen LogP contribution in [0.5, 0.6) is 11.6 Å². The smallest absolute Gasteiger partial charge is 0.251 e. The Morgan fingerprint density at radius 1 is 1.03 bits per heavy atom. The number of fused-ring (bicyclic) bond motifs is 1. The standard InChI is InChI=1S/C16H11F5N4O4/c17-8-9(18)11(20)14(12(21)10(8)19)29-16-13-15(22-3-23-16)25(4-24-13)7-1-5(27)6(2-26)28-7/h3-7,26-27H,1-2H2/t5-,6+,7+/m0/s1. The molecule has 1 fully saturated rings. The first-order valence-electron chi connectivity index (χ1n) is 8.14. The molecule has 1 aromatic carbocycles. The molecule has 0 aliphatic carbocycles. The quantitative estimate of drug-likeness (QED) is 0.379. The summed E-state index contributed by atoms with van der Waals surface area (Å²) in [6, 6.07) is 0. The van der Waals surface area contributed by atoms with Crippen molar-refractivity contribution in [2.75, 3.05) is 6.61 Å². The third-order valence-electron chi connectivity index (χ3n) is 4.39. The number of ether oxygens (including phenoxy) is 2. The number of imidazole rings is 1. The fourth-order valence-corrected chi connectivity index (χ4v) is 2.94. The minimum Gasteiger partial charge on any atom is -0.430 e. The highest BCUT2D eigenvalue weighted by Gasteiger charge is 2.35. The van der Waals surface area contributed by atoms with E-state index >= 15 is 0 Å². The Morgan fingerprint density at radius 2 is 1.69 bits per heavy atom. The minimum atomic E-state index is -2.32. The number of nitrogens with zero attached hydrogens (tertiary/aromatic N) is 4. The molecule has 2 aromatic heterocycles. The first kappa shape index (κ1) is 19.4. The lowest BCUT2D eigenvalue weighted by atomic mass is 10.2. The Hall–Kier alpha value is -2.90. The number of hydrogen-bond donors (Lipinski definition) is 2. The van der Waals surface area contributed by atoms with Gasteiger partial charge in [-0.15, -0.1) is 0 Å². The zero-order valence-electron chi connectivity index (χ0n) is 14.2. The van der Waals surface area contributed by atoms with Gasteiger partial charge in [-0.3, -0.25) is 4.57 Å². The van der Waals surface area contributed by atoms with Crippen LogP contribution < -0.4 is 4.74 Å². The third-order valence-corrected chi connectivity index (χ3v) is 4.39. The Kier molecular flexibility index (Phi) is 4.80. The molecule has 3 aromatic rings. The number of aliphatic hydroxyl groups is 2. The molecule has 0 amide bonds. The fourth-order valence-electron chi connectivity index (χ4n) is 2.94. The van der Waals surface area contributed by atoms with Gasteiger partial charge >= 0.3 is 0 Å². The van der Waals surface area contributed by atoms with Crippen molar-refractivity contribution in [3.63, 3.8) is 0 Å². The van der Waals surface area contributed by atoms with E-state index in [0.29, 0.717) is 0 Å².